The normalized spacial score (nSPS) is 10.2. The molecule has 9 heteroatoms. The number of nitrogens with one attached hydrogen (secondary N) is 1. The molecule has 0 saturated carbocycles. The fraction of sp³-hybridized carbons (Fsp3) is 0.500. The Kier molecular flexibility index (Phi) is 5.42. The van der Waals surface area contributed by atoms with Crippen molar-refractivity contribution >= 4 is 40.3 Å². The van der Waals surface area contributed by atoms with Crippen molar-refractivity contribution < 1.29 is 9.72 Å². The first-order valence-corrected chi connectivity index (χ1v) is 6.22. The summed E-state index contributed by atoms with van der Waals surface area (Å²) in [7, 11) is 0. The van der Waals surface area contributed by atoms with Crippen molar-refractivity contribution in [1.82, 2.24) is 15.1 Å². The highest BCUT2D eigenvalue weighted by atomic mass is 79.9. The van der Waals surface area contributed by atoms with Crippen LogP contribution in [-0.2, 0) is 11.3 Å². The molecule has 0 saturated heterocycles. The molecule has 1 rings (SSSR count). The maximum atomic E-state index is 11.3. The minimum atomic E-state index is -0.582. The third-order valence-corrected chi connectivity index (χ3v) is 2.66. The van der Waals surface area contributed by atoms with Crippen molar-refractivity contribution in [2.24, 2.45) is 0 Å². The molecule has 0 bridgehead atoms. The standard InChI is InChI=1S/C8H11BrN4O3S/c9-6-5-12(11-8(6)13(15)16)3-1-7(14)10-2-4-17/h5,17H,1-4H2,(H,10,14). The van der Waals surface area contributed by atoms with E-state index in [0.717, 1.165) is 0 Å². The van der Waals surface area contributed by atoms with Crippen LogP contribution < -0.4 is 5.32 Å². The van der Waals surface area contributed by atoms with E-state index in [9.17, 15) is 14.9 Å². The van der Waals surface area contributed by atoms with Gasteiger partial charge in [-0.3, -0.25) is 4.79 Å². The topological polar surface area (TPSA) is 90.1 Å². The maximum Gasteiger partial charge on any atom is 0.404 e. The number of thiol groups is 1. The van der Waals surface area contributed by atoms with Crippen molar-refractivity contribution in [3.05, 3.63) is 20.8 Å². The molecular formula is C8H11BrN4O3S. The summed E-state index contributed by atoms with van der Waals surface area (Å²) in [6.45, 7) is 0.801. The number of aromatic nitrogens is 2. The predicted octanol–water partition coefficient (Wildman–Crippen LogP) is 0.990. The van der Waals surface area contributed by atoms with Gasteiger partial charge in [0.05, 0.1) is 17.8 Å². The summed E-state index contributed by atoms with van der Waals surface area (Å²) in [5.74, 6) is 0.193. The fourth-order valence-electron chi connectivity index (χ4n) is 1.12. The lowest BCUT2D eigenvalue weighted by Gasteiger charge is -2.01. The molecule has 17 heavy (non-hydrogen) atoms. The lowest BCUT2D eigenvalue weighted by molar-refractivity contribution is -0.390. The molecule has 0 aliphatic rings. The zero-order valence-corrected chi connectivity index (χ0v) is 11.3. The molecule has 7 nitrogen and oxygen atoms in total. The second-order valence-electron chi connectivity index (χ2n) is 3.14. The Balaban J connectivity index is 2.50. The summed E-state index contributed by atoms with van der Waals surface area (Å²) in [5, 5.41) is 16.9. The van der Waals surface area contributed by atoms with Crippen molar-refractivity contribution in [1.29, 1.82) is 0 Å². The molecule has 0 atom stereocenters. The van der Waals surface area contributed by atoms with E-state index in [4.69, 9.17) is 0 Å². The fourth-order valence-corrected chi connectivity index (χ4v) is 1.70. The van der Waals surface area contributed by atoms with Gasteiger partial charge in [0.25, 0.3) is 0 Å². The van der Waals surface area contributed by atoms with Gasteiger partial charge in [-0.2, -0.15) is 17.3 Å². The highest BCUT2D eigenvalue weighted by molar-refractivity contribution is 9.10. The van der Waals surface area contributed by atoms with E-state index in [1.54, 1.807) is 0 Å². The Morgan fingerprint density at radius 3 is 2.94 bits per heavy atom. The van der Waals surface area contributed by atoms with Gasteiger partial charge in [-0.15, -0.1) is 0 Å². The zero-order chi connectivity index (χ0) is 12.8. The minimum absolute atomic E-state index is 0.131. The highest BCUT2D eigenvalue weighted by Gasteiger charge is 2.18. The molecule has 0 aromatic carbocycles. The van der Waals surface area contributed by atoms with E-state index in [2.05, 4.69) is 39.0 Å². The quantitative estimate of drug-likeness (QED) is 0.464. The Morgan fingerprint density at radius 2 is 2.41 bits per heavy atom. The van der Waals surface area contributed by atoms with E-state index in [-0.39, 0.29) is 18.1 Å². The average Bonchev–Trinajstić information content (AvgIpc) is 2.65. The lowest BCUT2D eigenvalue weighted by atomic mass is 10.4. The number of carbonyl (C=O) groups excluding carboxylic acids is 1. The van der Waals surface area contributed by atoms with Crippen molar-refractivity contribution in [2.45, 2.75) is 13.0 Å². The smallest absolute Gasteiger partial charge is 0.358 e. The van der Waals surface area contributed by atoms with Crippen molar-refractivity contribution in [3.63, 3.8) is 0 Å². The molecule has 0 spiro atoms. The number of hydrogen-bond acceptors (Lipinski definition) is 5. The van der Waals surface area contributed by atoms with Crippen LogP contribution in [0.25, 0.3) is 0 Å². The van der Waals surface area contributed by atoms with Gasteiger partial charge < -0.3 is 15.4 Å². The maximum absolute atomic E-state index is 11.3. The third-order valence-electron chi connectivity index (χ3n) is 1.87. The minimum Gasteiger partial charge on any atom is -0.358 e. The Bertz CT molecular complexity index is 423. The van der Waals surface area contributed by atoms with Crippen LogP contribution in [0.4, 0.5) is 5.82 Å². The molecule has 1 N–H and O–H groups in total. The molecule has 1 amide bonds. The second kappa shape index (κ2) is 6.60. The van der Waals surface area contributed by atoms with Gasteiger partial charge >= 0.3 is 5.82 Å². The molecule has 0 aliphatic carbocycles. The lowest BCUT2D eigenvalue weighted by Crippen LogP contribution is -2.26. The van der Waals surface area contributed by atoms with Crippen molar-refractivity contribution in [3.8, 4) is 0 Å². The van der Waals surface area contributed by atoms with Crippen LogP contribution in [0.3, 0.4) is 0 Å². The molecule has 0 unspecified atom stereocenters. The summed E-state index contributed by atoms with van der Waals surface area (Å²) in [6.07, 6.45) is 1.70. The number of nitrogens with zero attached hydrogens (tertiary/aromatic N) is 3. The summed E-state index contributed by atoms with van der Waals surface area (Å²) < 4.78 is 1.67. The van der Waals surface area contributed by atoms with E-state index in [1.807, 2.05) is 0 Å². The monoisotopic (exact) mass is 322 g/mol. The van der Waals surface area contributed by atoms with Gasteiger partial charge in [-0.25, -0.2) is 0 Å². The van der Waals surface area contributed by atoms with E-state index in [0.29, 0.717) is 23.3 Å². The Hall–Kier alpha value is -1.09. The summed E-state index contributed by atoms with van der Waals surface area (Å²) in [6, 6.07) is 0. The number of rotatable bonds is 6. The van der Waals surface area contributed by atoms with Crippen LogP contribution in [0.15, 0.2) is 10.7 Å². The first-order valence-electron chi connectivity index (χ1n) is 4.79. The molecule has 1 heterocycles. The molecule has 1 aromatic rings. The first kappa shape index (κ1) is 14.0. The van der Waals surface area contributed by atoms with Crippen LogP contribution in [0.2, 0.25) is 0 Å². The molecule has 94 valence electrons. The van der Waals surface area contributed by atoms with Crippen LogP contribution in [0, 0.1) is 10.1 Å². The summed E-state index contributed by atoms with van der Waals surface area (Å²) in [5.41, 5.74) is 0. The Labute approximate surface area is 111 Å². The van der Waals surface area contributed by atoms with Gasteiger partial charge in [0.2, 0.25) is 5.91 Å². The number of carbonyl (C=O) groups is 1. The number of amides is 1. The molecule has 0 aliphatic heterocycles. The highest BCUT2D eigenvalue weighted by Crippen LogP contribution is 2.21. The SMILES string of the molecule is O=C(CCn1cc(Br)c([N+](=O)[O-])n1)NCCS. The van der Waals surface area contributed by atoms with Gasteiger partial charge in [-0.1, -0.05) is 0 Å². The molecular weight excluding hydrogens is 312 g/mol. The number of nitro groups is 1. The first-order chi connectivity index (χ1) is 8.04. The second-order valence-corrected chi connectivity index (χ2v) is 4.45. The molecule has 0 radical (unpaired) electrons. The van der Waals surface area contributed by atoms with Gasteiger partial charge in [0.15, 0.2) is 0 Å². The van der Waals surface area contributed by atoms with Crippen LogP contribution in [0.1, 0.15) is 6.42 Å². The van der Waals surface area contributed by atoms with Gasteiger partial charge in [-0.05, 0) is 20.9 Å². The average molecular weight is 323 g/mol. The van der Waals surface area contributed by atoms with Gasteiger partial charge in [0, 0.05) is 18.7 Å². The third kappa shape index (κ3) is 4.35. The number of hydrogen-bond donors (Lipinski definition) is 2. The summed E-state index contributed by atoms with van der Waals surface area (Å²) in [4.78, 5) is 21.2. The predicted molar refractivity (Wildman–Crippen MR) is 68.1 cm³/mol. The number of halogens is 1. The molecule has 1 aromatic heterocycles. The van der Waals surface area contributed by atoms with E-state index < -0.39 is 4.92 Å². The van der Waals surface area contributed by atoms with E-state index in [1.165, 1.54) is 10.9 Å². The number of aryl methyl sites for hydroxylation is 1. The largest absolute Gasteiger partial charge is 0.404 e. The van der Waals surface area contributed by atoms with Crippen LogP contribution >= 0.6 is 28.6 Å². The van der Waals surface area contributed by atoms with Crippen LogP contribution in [0.5, 0.6) is 0 Å². The van der Waals surface area contributed by atoms with Gasteiger partial charge in [0.1, 0.15) is 4.47 Å². The summed E-state index contributed by atoms with van der Waals surface area (Å²) >= 11 is 6.99. The van der Waals surface area contributed by atoms with Crippen LogP contribution in [-0.4, -0.2) is 32.9 Å². The zero-order valence-electron chi connectivity index (χ0n) is 8.80. The van der Waals surface area contributed by atoms with E-state index >= 15 is 0 Å². The molecule has 0 fully saturated rings. The Morgan fingerprint density at radius 1 is 1.71 bits per heavy atom. The van der Waals surface area contributed by atoms with Crippen molar-refractivity contribution in [2.75, 3.05) is 12.3 Å².